The standard InChI is InChI=1S/C15H23FN2O.ClH/c1-4-9-17-10-11-18-14(19)15(2,3)12-7-5-6-8-13(12)16;/h5-8,17H,4,9-11H2,1-3H3,(H,18,19);1H. The monoisotopic (exact) mass is 302 g/mol. The van der Waals surface area contributed by atoms with Crippen LogP contribution in [0.5, 0.6) is 0 Å². The molecule has 5 heteroatoms. The van der Waals surface area contributed by atoms with Gasteiger partial charge in [-0.15, -0.1) is 12.4 Å². The number of halogens is 2. The zero-order valence-corrected chi connectivity index (χ0v) is 13.1. The first-order valence-corrected chi connectivity index (χ1v) is 6.74. The van der Waals surface area contributed by atoms with Crippen molar-refractivity contribution in [2.24, 2.45) is 0 Å². The number of benzene rings is 1. The molecule has 0 saturated carbocycles. The van der Waals surface area contributed by atoms with Gasteiger partial charge < -0.3 is 10.6 Å². The van der Waals surface area contributed by atoms with Gasteiger partial charge in [0.05, 0.1) is 5.41 Å². The Hall–Kier alpha value is -1.13. The van der Waals surface area contributed by atoms with E-state index < -0.39 is 5.41 Å². The van der Waals surface area contributed by atoms with E-state index >= 15 is 0 Å². The predicted molar refractivity (Wildman–Crippen MR) is 82.8 cm³/mol. The molecule has 0 heterocycles. The van der Waals surface area contributed by atoms with Crippen LogP contribution >= 0.6 is 12.4 Å². The summed E-state index contributed by atoms with van der Waals surface area (Å²) < 4.78 is 13.7. The summed E-state index contributed by atoms with van der Waals surface area (Å²) >= 11 is 0. The molecule has 1 aromatic carbocycles. The molecule has 0 aromatic heterocycles. The Morgan fingerprint density at radius 1 is 1.20 bits per heavy atom. The van der Waals surface area contributed by atoms with E-state index in [0.717, 1.165) is 19.5 Å². The molecule has 0 saturated heterocycles. The van der Waals surface area contributed by atoms with Crippen LogP contribution in [0.15, 0.2) is 24.3 Å². The van der Waals surface area contributed by atoms with Crippen molar-refractivity contribution in [2.45, 2.75) is 32.6 Å². The average Bonchev–Trinajstić information content (AvgIpc) is 2.38. The third-order valence-electron chi connectivity index (χ3n) is 3.13. The van der Waals surface area contributed by atoms with Gasteiger partial charge >= 0.3 is 0 Å². The van der Waals surface area contributed by atoms with Crippen molar-refractivity contribution < 1.29 is 9.18 Å². The van der Waals surface area contributed by atoms with Crippen LogP contribution in [0.1, 0.15) is 32.8 Å². The van der Waals surface area contributed by atoms with Crippen LogP contribution in [-0.4, -0.2) is 25.5 Å². The molecule has 0 radical (unpaired) electrons. The Kier molecular flexibility index (Phi) is 8.42. The average molecular weight is 303 g/mol. The Morgan fingerprint density at radius 2 is 1.85 bits per heavy atom. The minimum Gasteiger partial charge on any atom is -0.354 e. The summed E-state index contributed by atoms with van der Waals surface area (Å²) in [6, 6.07) is 6.41. The maximum atomic E-state index is 13.7. The van der Waals surface area contributed by atoms with Crippen LogP contribution in [0, 0.1) is 5.82 Å². The van der Waals surface area contributed by atoms with Crippen molar-refractivity contribution in [3.05, 3.63) is 35.6 Å². The van der Waals surface area contributed by atoms with Gasteiger partial charge in [0.15, 0.2) is 0 Å². The largest absolute Gasteiger partial charge is 0.354 e. The smallest absolute Gasteiger partial charge is 0.230 e. The van der Waals surface area contributed by atoms with Crippen LogP contribution in [0.2, 0.25) is 0 Å². The second kappa shape index (κ2) is 8.93. The van der Waals surface area contributed by atoms with E-state index in [1.807, 2.05) is 0 Å². The topological polar surface area (TPSA) is 41.1 Å². The summed E-state index contributed by atoms with van der Waals surface area (Å²) in [4.78, 5) is 12.1. The zero-order valence-electron chi connectivity index (χ0n) is 12.3. The van der Waals surface area contributed by atoms with Gasteiger partial charge in [-0.3, -0.25) is 4.79 Å². The lowest BCUT2D eigenvalue weighted by molar-refractivity contribution is -0.125. The number of amides is 1. The van der Waals surface area contributed by atoms with Crippen molar-refractivity contribution in [3.8, 4) is 0 Å². The SMILES string of the molecule is CCCNCCNC(=O)C(C)(C)c1ccccc1F.Cl. The van der Waals surface area contributed by atoms with Crippen LogP contribution < -0.4 is 10.6 Å². The summed E-state index contributed by atoms with van der Waals surface area (Å²) in [7, 11) is 0. The number of nitrogens with one attached hydrogen (secondary N) is 2. The highest BCUT2D eigenvalue weighted by Gasteiger charge is 2.31. The van der Waals surface area contributed by atoms with Gasteiger partial charge in [-0.1, -0.05) is 25.1 Å². The van der Waals surface area contributed by atoms with Crippen molar-refractivity contribution >= 4 is 18.3 Å². The first-order valence-electron chi connectivity index (χ1n) is 6.74. The Labute approximate surface area is 126 Å². The number of carbonyl (C=O) groups is 1. The number of rotatable bonds is 7. The summed E-state index contributed by atoms with van der Waals surface area (Å²) in [6.07, 6.45) is 1.06. The van der Waals surface area contributed by atoms with E-state index in [1.54, 1.807) is 32.0 Å². The molecule has 0 aliphatic rings. The molecule has 0 atom stereocenters. The minimum atomic E-state index is -0.865. The van der Waals surface area contributed by atoms with Crippen LogP contribution in [0.4, 0.5) is 4.39 Å². The molecule has 0 bridgehead atoms. The maximum absolute atomic E-state index is 13.7. The molecule has 3 nitrogen and oxygen atoms in total. The van der Waals surface area contributed by atoms with E-state index in [-0.39, 0.29) is 24.1 Å². The lowest BCUT2D eigenvalue weighted by Crippen LogP contribution is -2.43. The fourth-order valence-electron chi connectivity index (χ4n) is 1.88. The molecule has 1 amide bonds. The number of carbonyl (C=O) groups excluding carboxylic acids is 1. The number of hydrogen-bond donors (Lipinski definition) is 2. The quantitative estimate of drug-likeness (QED) is 0.760. The highest BCUT2D eigenvalue weighted by atomic mass is 35.5. The fourth-order valence-corrected chi connectivity index (χ4v) is 1.88. The Bertz CT molecular complexity index is 424. The van der Waals surface area contributed by atoms with E-state index in [2.05, 4.69) is 17.6 Å². The van der Waals surface area contributed by atoms with Crippen molar-refractivity contribution in [1.29, 1.82) is 0 Å². The second-order valence-electron chi connectivity index (χ2n) is 5.11. The summed E-state index contributed by atoms with van der Waals surface area (Å²) in [5, 5.41) is 6.04. The van der Waals surface area contributed by atoms with Crippen molar-refractivity contribution in [2.75, 3.05) is 19.6 Å². The van der Waals surface area contributed by atoms with Gasteiger partial charge in [0.25, 0.3) is 0 Å². The van der Waals surface area contributed by atoms with Gasteiger partial charge in [0.2, 0.25) is 5.91 Å². The number of hydrogen-bond acceptors (Lipinski definition) is 2. The van der Waals surface area contributed by atoms with Crippen LogP contribution in [-0.2, 0) is 10.2 Å². The summed E-state index contributed by atoms with van der Waals surface area (Å²) in [6.45, 7) is 7.78. The third-order valence-corrected chi connectivity index (χ3v) is 3.13. The Morgan fingerprint density at radius 3 is 2.45 bits per heavy atom. The van der Waals surface area contributed by atoms with E-state index in [4.69, 9.17) is 0 Å². The lowest BCUT2D eigenvalue weighted by atomic mass is 9.83. The first kappa shape index (κ1) is 18.9. The van der Waals surface area contributed by atoms with E-state index in [1.165, 1.54) is 6.07 Å². The highest BCUT2D eigenvalue weighted by Crippen LogP contribution is 2.25. The molecule has 0 aliphatic carbocycles. The molecule has 1 aromatic rings. The van der Waals surface area contributed by atoms with Gasteiger partial charge in [0, 0.05) is 18.7 Å². The van der Waals surface area contributed by atoms with E-state index in [9.17, 15) is 9.18 Å². The van der Waals surface area contributed by atoms with Crippen LogP contribution in [0.25, 0.3) is 0 Å². The summed E-state index contributed by atoms with van der Waals surface area (Å²) in [5.74, 6) is -0.498. The molecule has 1 rings (SSSR count). The van der Waals surface area contributed by atoms with Gasteiger partial charge in [-0.05, 0) is 32.9 Å². The van der Waals surface area contributed by atoms with Crippen molar-refractivity contribution in [1.82, 2.24) is 10.6 Å². The molecule has 2 N–H and O–H groups in total. The third kappa shape index (κ3) is 5.10. The first-order chi connectivity index (χ1) is 9.00. The molecule has 20 heavy (non-hydrogen) atoms. The van der Waals surface area contributed by atoms with E-state index in [0.29, 0.717) is 12.1 Å². The molecular weight excluding hydrogens is 279 g/mol. The molecule has 114 valence electrons. The predicted octanol–water partition coefficient (Wildman–Crippen LogP) is 2.64. The van der Waals surface area contributed by atoms with Crippen molar-refractivity contribution in [3.63, 3.8) is 0 Å². The molecule has 0 aliphatic heterocycles. The highest BCUT2D eigenvalue weighted by molar-refractivity contribution is 5.87. The lowest BCUT2D eigenvalue weighted by Gasteiger charge is -2.24. The molecular formula is C15H24ClFN2O. The van der Waals surface area contributed by atoms with Crippen LogP contribution in [0.3, 0.4) is 0 Å². The molecule has 0 fully saturated rings. The summed E-state index contributed by atoms with van der Waals surface area (Å²) in [5.41, 5.74) is -0.440. The van der Waals surface area contributed by atoms with Gasteiger partial charge in [0.1, 0.15) is 5.82 Å². The fraction of sp³-hybridized carbons (Fsp3) is 0.533. The van der Waals surface area contributed by atoms with Gasteiger partial charge in [-0.2, -0.15) is 0 Å². The normalized spacial score (nSPS) is 10.8. The minimum absolute atomic E-state index is 0. The zero-order chi connectivity index (χ0) is 14.3. The second-order valence-corrected chi connectivity index (χ2v) is 5.11. The molecule has 0 unspecified atom stereocenters. The molecule has 0 spiro atoms. The van der Waals surface area contributed by atoms with Gasteiger partial charge in [-0.25, -0.2) is 4.39 Å². The Balaban J connectivity index is 0.00000361. The maximum Gasteiger partial charge on any atom is 0.230 e.